The fourth-order valence-corrected chi connectivity index (χ4v) is 3.09. The van der Waals surface area contributed by atoms with E-state index < -0.39 is 0 Å². The number of aliphatic hydroxyl groups excluding tert-OH is 1. The molecule has 0 aliphatic carbocycles. The minimum Gasteiger partial charge on any atom is -0.389 e. The van der Waals surface area contributed by atoms with Crippen molar-refractivity contribution < 1.29 is 9.84 Å². The van der Waals surface area contributed by atoms with Crippen molar-refractivity contribution in [3.05, 3.63) is 0 Å². The molecule has 0 aromatic heterocycles. The van der Waals surface area contributed by atoms with Gasteiger partial charge in [0, 0.05) is 13.1 Å². The summed E-state index contributed by atoms with van der Waals surface area (Å²) < 4.78 is 5.62. The maximum absolute atomic E-state index is 9.96. The Kier molecular flexibility index (Phi) is 7.14. The molecular formula is C15H30N2O2. The number of hydrogen-bond donors (Lipinski definition) is 1. The van der Waals surface area contributed by atoms with Gasteiger partial charge in [0.25, 0.3) is 0 Å². The third kappa shape index (κ3) is 6.21. The molecule has 0 aromatic rings. The van der Waals surface area contributed by atoms with E-state index in [1.807, 2.05) is 0 Å². The first-order chi connectivity index (χ1) is 9.34. The van der Waals surface area contributed by atoms with E-state index in [-0.39, 0.29) is 6.10 Å². The van der Waals surface area contributed by atoms with Crippen LogP contribution < -0.4 is 0 Å². The van der Waals surface area contributed by atoms with Gasteiger partial charge in [0.05, 0.1) is 19.3 Å². The standard InChI is InChI=1S/C15H30N2O2/c18-15(13-17-9-5-2-6-10-17)14-19-12-11-16-7-3-1-4-8-16/h15,18H,1-14H2. The molecule has 19 heavy (non-hydrogen) atoms. The molecule has 4 nitrogen and oxygen atoms in total. The minimum atomic E-state index is -0.320. The molecular weight excluding hydrogens is 240 g/mol. The van der Waals surface area contributed by atoms with Gasteiger partial charge >= 0.3 is 0 Å². The van der Waals surface area contributed by atoms with Crippen molar-refractivity contribution in [3.63, 3.8) is 0 Å². The Morgan fingerprint density at radius 3 is 2.05 bits per heavy atom. The van der Waals surface area contributed by atoms with E-state index in [0.29, 0.717) is 6.61 Å². The first kappa shape index (κ1) is 15.2. The van der Waals surface area contributed by atoms with Crippen LogP contribution in [0.1, 0.15) is 38.5 Å². The summed E-state index contributed by atoms with van der Waals surface area (Å²) in [5.74, 6) is 0. The van der Waals surface area contributed by atoms with Gasteiger partial charge in [-0.3, -0.25) is 0 Å². The van der Waals surface area contributed by atoms with Crippen molar-refractivity contribution in [2.75, 3.05) is 52.5 Å². The average Bonchev–Trinajstić information content (AvgIpc) is 2.46. The lowest BCUT2D eigenvalue weighted by Crippen LogP contribution is -2.38. The molecule has 1 atom stereocenters. The number of β-amino-alcohol motifs (C(OH)–C–C–N with tert-alkyl or cyclic N) is 1. The highest BCUT2D eigenvalue weighted by atomic mass is 16.5. The van der Waals surface area contributed by atoms with Gasteiger partial charge < -0.3 is 19.6 Å². The molecule has 2 fully saturated rings. The lowest BCUT2D eigenvalue weighted by atomic mass is 10.1. The normalized spacial score (nSPS) is 24.5. The highest BCUT2D eigenvalue weighted by molar-refractivity contribution is 4.69. The Hall–Kier alpha value is -0.160. The molecule has 0 bridgehead atoms. The van der Waals surface area contributed by atoms with E-state index >= 15 is 0 Å². The van der Waals surface area contributed by atoms with Gasteiger partial charge in [0.15, 0.2) is 0 Å². The number of rotatable bonds is 7. The van der Waals surface area contributed by atoms with Gasteiger partial charge in [-0.2, -0.15) is 0 Å². The third-order valence-corrected chi connectivity index (χ3v) is 4.23. The summed E-state index contributed by atoms with van der Waals surface area (Å²) in [5.41, 5.74) is 0. The van der Waals surface area contributed by atoms with E-state index in [2.05, 4.69) is 9.80 Å². The second-order valence-electron chi connectivity index (χ2n) is 5.99. The number of likely N-dealkylation sites (tertiary alicyclic amines) is 2. The zero-order valence-electron chi connectivity index (χ0n) is 12.2. The Balaban J connectivity index is 1.47. The van der Waals surface area contributed by atoms with Gasteiger partial charge in [-0.05, 0) is 51.9 Å². The number of piperidine rings is 2. The fraction of sp³-hybridized carbons (Fsp3) is 1.00. The van der Waals surface area contributed by atoms with Crippen molar-refractivity contribution in [1.29, 1.82) is 0 Å². The highest BCUT2D eigenvalue weighted by Crippen LogP contribution is 2.09. The van der Waals surface area contributed by atoms with E-state index in [9.17, 15) is 5.11 Å². The summed E-state index contributed by atoms with van der Waals surface area (Å²) in [6, 6.07) is 0. The van der Waals surface area contributed by atoms with Crippen LogP contribution in [-0.4, -0.2) is 73.5 Å². The molecule has 2 saturated heterocycles. The van der Waals surface area contributed by atoms with Gasteiger partial charge in [0.1, 0.15) is 0 Å². The first-order valence-corrected chi connectivity index (χ1v) is 8.05. The summed E-state index contributed by atoms with van der Waals surface area (Å²) in [4.78, 5) is 4.84. The molecule has 0 saturated carbocycles. The summed E-state index contributed by atoms with van der Waals surface area (Å²) >= 11 is 0. The average molecular weight is 270 g/mol. The molecule has 2 aliphatic heterocycles. The van der Waals surface area contributed by atoms with Crippen molar-refractivity contribution in [2.45, 2.75) is 44.6 Å². The Labute approximate surface area is 117 Å². The quantitative estimate of drug-likeness (QED) is 0.708. The molecule has 2 heterocycles. The van der Waals surface area contributed by atoms with Crippen molar-refractivity contribution in [1.82, 2.24) is 9.80 Å². The van der Waals surface area contributed by atoms with Crippen LogP contribution in [-0.2, 0) is 4.74 Å². The number of hydrogen-bond acceptors (Lipinski definition) is 4. The molecule has 4 heteroatoms. The Morgan fingerprint density at radius 2 is 1.42 bits per heavy atom. The number of ether oxygens (including phenoxy) is 1. The van der Waals surface area contributed by atoms with E-state index in [1.54, 1.807) is 0 Å². The predicted octanol–water partition coefficient (Wildman–Crippen LogP) is 1.34. The lowest BCUT2D eigenvalue weighted by molar-refractivity contribution is 0.00601. The second kappa shape index (κ2) is 8.90. The van der Waals surface area contributed by atoms with Crippen LogP contribution in [0.3, 0.4) is 0 Å². The van der Waals surface area contributed by atoms with Gasteiger partial charge in [-0.25, -0.2) is 0 Å². The van der Waals surface area contributed by atoms with Crippen LogP contribution in [0.15, 0.2) is 0 Å². The molecule has 1 unspecified atom stereocenters. The molecule has 1 N–H and O–H groups in total. The zero-order valence-corrected chi connectivity index (χ0v) is 12.2. The number of nitrogens with zero attached hydrogens (tertiary/aromatic N) is 2. The second-order valence-corrected chi connectivity index (χ2v) is 5.99. The van der Waals surface area contributed by atoms with Crippen LogP contribution >= 0.6 is 0 Å². The molecule has 0 aromatic carbocycles. The summed E-state index contributed by atoms with van der Waals surface area (Å²) in [6.45, 7) is 7.79. The molecule has 2 aliphatic rings. The van der Waals surface area contributed by atoms with Crippen LogP contribution in [0.5, 0.6) is 0 Å². The first-order valence-electron chi connectivity index (χ1n) is 8.05. The maximum atomic E-state index is 9.96. The molecule has 0 spiro atoms. The smallest absolute Gasteiger partial charge is 0.0900 e. The Bertz CT molecular complexity index is 226. The third-order valence-electron chi connectivity index (χ3n) is 4.23. The largest absolute Gasteiger partial charge is 0.389 e. The van der Waals surface area contributed by atoms with Crippen LogP contribution in [0.25, 0.3) is 0 Å². The van der Waals surface area contributed by atoms with Gasteiger partial charge in [-0.1, -0.05) is 12.8 Å². The van der Waals surface area contributed by atoms with Crippen molar-refractivity contribution in [3.8, 4) is 0 Å². The highest BCUT2D eigenvalue weighted by Gasteiger charge is 2.15. The maximum Gasteiger partial charge on any atom is 0.0900 e. The van der Waals surface area contributed by atoms with Gasteiger partial charge in [0.2, 0.25) is 0 Å². The monoisotopic (exact) mass is 270 g/mol. The topological polar surface area (TPSA) is 35.9 Å². The Morgan fingerprint density at radius 1 is 0.842 bits per heavy atom. The van der Waals surface area contributed by atoms with Crippen LogP contribution in [0.4, 0.5) is 0 Å². The number of aliphatic hydroxyl groups is 1. The molecule has 2 rings (SSSR count). The summed E-state index contributed by atoms with van der Waals surface area (Å²) in [6.07, 6.45) is 7.63. The minimum absolute atomic E-state index is 0.320. The lowest BCUT2D eigenvalue weighted by Gasteiger charge is -2.29. The summed E-state index contributed by atoms with van der Waals surface area (Å²) in [7, 11) is 0. The SMILES string of the molecule is OC(COCCN1CCCCC1)CN1CCCCC1. The van der Waals surface area contributed by atoms with Gasteiger partial charge in [-0.15, -0.1) is 0 Å². The van der Waals surface area contributed by atoms with Crippen molar-refractivity contribution >= 4 is 0 Å². The van der Waals surface area contributed by atoms with Crippen LogP contribution in [0.2, 0.25) is 0 Å². The van der Waals surface area contributed by atoms with Crippen LogP contribution in [0, 0.1) is 0 Å². The summed E-state index contributed by atoms with van der Waals surface area (Å²) in [5, 5.41) is 9.96. The fourth-order valence-electron chi connectivity index (χ4n) is 3.09. The molecule has 0 radical (unpaired) electrons. The van der Waals surface area contributed by atoms with Crippen molar-refractivity contribution in [2.24, 2.45) is 0 Å². The van der Waals surface area contributed by atoms with E-state index in [1.165, 1.54) is 51.6 Å². The van der Waals surface area contributed by atoms with E-state index in [0.717, 1.165) is 32.8 Å². The van der Waals surface area contributed by atoms with E-state index in [4.69, 9.17) is 4.74 Å². The zero-order chi connectivity index (χ0) is 13.3. The molecule has 112 valence electrons. The predicted molar refractivity (Wildman–Crippen MR) is 77.4 cm³/mol. The molecule has 0 amide bonds.